The summed E-state index contributed by atoms with van der Waals surface area (Å²) in [6.45, 7) is 6.17. The molecule has 116 valence electrons. The van der Waals surface area contributed by atoms with Crippen LogP contribution in [0.2, 0.25) is 0 Å². The standard InChI is InChI=1S/C14H21N3O4/c1-3-15-9-6-10-16-14(18)11-7-5-8-12(17(19)20)13(11)21-4-2/h5,7-8,15H,3-4,6,9-10H2,1-2H3,(H,16,18). The minimum absolute atomic E-state index is 0.0224. The van der Waals surface area contributed by atoms with Gasteiger partial charge in [0, 0.05) is 12.6 Å². The molecule has 0 saturated heterocycles. The highest BCUT2D eigenvalue weighted by molar-refractivity contribution is 5.98. The lowest BCUT2D eigenvalue weighted by Gasteiger charge is -2.11. The van der Waals surface area contributed by atoms with Crippen LogP contribution >= 0.6 is 0 Å². The highest BCUT2D eigenvalue weighted by Gasteiger charge is 2.22. The van der Waals surface area contributed by atoms with E-state index < -0.39 is 4.92 Å². The maximum Gasteiger partial charge on any atom is 0.311 e. The Kier molecular flexibility index (Phi) is 7.17. The van der Waals surface area contributed by atoms with Gasteiger partial charge in [-0.15, -0.1) is 0 Å². The molecule has 0 aliphatic rings. The SMILES string of the molecule is CCNCCCNC(=O)c1cccc([N+](=O)[O-])c1OCC. The van der Waals surface area contributed by atoms with Gasteiger partial charge in [-0.05, 0) is 32.5 Å². The summed E-state index contributed by atoms with van der Waals surface area (Å²) in [6, 6.07) is 4.33. The van der Waals surface area contributed by atoms with E-state index in [1.165, 1.54) is 18.2 Å². The van der Waals surface area contributed by atoms with E-state index in [0.29, 0.717) is 6.54 Å². The van der Waals surface area contributed by atoms with E-state index in [4.69, 9.17) is 4.74 Å². The van der Waals surface area contributed by atoms with Crippen LogP contribution in [-0.2, 0) is 0 Å². The molecular weight excluding hydrogens is 274 g/mol. The number of nitrogens with zero attached hydrogens (tertiary/aromatic N) is 1. The van der Waals surface area contributed by atoms with Crippen molar-refractivity contribution in [1.29, 1.82) is 0 Å². The maximum atomic E-state index is 12.1. The number of rotatable bonds is 9. The van der Waals surface area contributed by atoms with Gasteiger partial charge >= 0.3 is 5.69 Å². The van der Waals surface area contributed by atoms with Crippen molar-refractivity contribution in [3.05, 3.63) is 33.9 Å². The molecule has 0 spiro atoms. The van der Waals surface area contributed by atoms with Gasteiger partial charge in [0.25, 0.3) is 5.91 Å². The minimum Gasteiger partial charge on any atom is -0.487 e. The predicted molar refractivity (Wildman–Crippen MR) is 79.8 cm³/mol. The second kappa shape index (κ2) is 8.91. The topological polar surface area (TPSA) is 93.5 Å². The molecule has 1 aromatic carbocycles. The quantitative estimate of drug-likeness (QED) is 0.411. The van der Waals surface area contributed by atoms with Crippen molar-refractivity contribution in [2.75, 3.05) is 26.2 Å². The Labute approximate surface area is 123 Å². The van der Waals surface area contributed by atoms with Crippen molar-refractivity contribution >= 4 is 11.6 Å². The summed E-state index contributed by atoms with van der Waals surface area (Å²) in [7, 11) is 0. The lowest BCUT2D eigenvalue weighted by molar-refractivity contribution is -0.385. The van der Waals surface area contributed by atoms with Gasteiger partial charge in [0.2, 0.25) is 5.75 Å². The Balaban J connectivity index is 2.78. The number of carbonyl (C=O) groups excluding carboxylic acids is 1. The minimum atomic E-state index is -0.549. The highest BCUT2D eigenvalue weighted by Crippen LogP contribution is 2.30. The molecule has 2 N–H and O–H groups in total. The van der Waals surface area contributed by atoms with Gasteiger partial charge < -0.3 is 15.4 Å². The van der Waals surface area contributed by atoms with Crippen LogP contribution in [0.1, 0.15) is 30.6 Å². The molecular formula is C14H21N3O4. The molecule has 0 radical (unpaired) electrons. The van der Waals surface area contributed by atoms with Gasteiger partial charge in [0.1, 0.15) is 0 Å². The number of para-hydroxylation sites is 1. The van der Waals surface area contributed by atoms with Crippen molar-refractivity contribution in [3.63, 3.8) is 0 Å². The summed E-state index contributed by atoms with van der Waals surface area (Å²) in [5.41, 5.74) is -0.00773. The van der Waals surface area contributed by atoms with Gasteiger partial charge in [-0.1, -0.05) is 13.0 Å². The average molecular weight is 295 g/mol. The third-order valence-electron chi connectivity index (χ3n) is 2.79. The van der Waals surface area contributed by atoms with Crippen molar-refractivity contribution in [1.82, 2.24) is 10.6 Å². The number of nitro groups is 1. The third-order valence-corrected chi connectivity index (χ3v) is 2.79. The molecule has 1 aromatic rings. The first-order valence-corrected chi connectivity index (χ1v) is 7.00. The number of hydrogen-bond acceptors (Lipinski definition) is 5. The molecule has 7 nitrogen and oxygen atoms in total. The first-order chi connectivity index (χ1) is 10.1. The zero-order chi connectivity index (χ0) is 15.7. The molecule has 0 heterocycles. The number of ether oxygens (including phenoxy) is 1. The van der Waals surface area contributed by atoms with Crippen LogP contribution < -0.4 is 15.4 Å². The largest absolute Gasteiger partial charge is 0.487 e. The highest BCUT2D eigenvalue weighted by atomic mass is 16.6. The fourth-order valence-corrected chi connectivity index (χ4v) is 1.83. The van der Waals surface area contributed by atoms with Gasteiger partial charge in [-0.3, -0.25) is 14.9 Å². The second-order valence-electron chi connectivity index (χ2n) is 4.31. The molecule has 1 rings (SSSR count). The zero-order valence-electron chi connectivity index (χ0n) is 12.3. The molecule has 0 aliphatic carbocycles. The Morgan fingerprint density at radius 2 is 2.10 bits per heavy atom. The van der Waals surface area contributed by atoms with Crippen LogP contribution in [0.4, 0.5) is 5.69 Å². The Morgan fingerprint density at radius 1 is 1.33 bits per heavy atom. The van der Waals surface area contributed by atoms with E-state index in [2.05, 4.69) is 10.6 Å². The van der Waals surface area contributed by atoms with E-state index >= 15 is 0 Å². The lowest BCUT2D eigenvalue weighted by atomic mass is 10.1. The molecule has 0 unspecified atom stereocenters. The number of nitro benzene ring substituents is 1. The number of amides is 1. The summed E-state index contributed by atoms with van der Waals surface area (Å²) >= 11 is 0. The summed E-state index contributed by atoms with van der Waals surface area (Å²) < 4.78 is 5.28. The van der Waals surface area contributed by atoms with Gasteiger partial charge in [-0.2, -0.15) is 0 Å². The first-order valence-electron chi connectivity index (χ1n) is 7.00. The Hall–Kier alpha value is -2.15. The number of nitrogens with one attached hydrogen (secondary N) is 2. The summed E-state index contributed by atoms with van der Waals surface area (Å²) in [4.78, 5) is 22.6. The number of carbonyl (C=O) groups is 1. The molecule has 0 aromatic heterocycles. The summed E-state index contributed by atoms with van der Waals surface area (Å²) in [6.07, 6.45) is 0.790. The van der Waals surface area contributed by atoms with Crippen LogP contribution in [0.15, 0.2) is 18.2 Å². The third kappa shape index (κ3) is 5.03. The predicted octanol–water partition coefficient (Wildman–Crippen LogP) is 1.72. The van der Waals surface area contributed by atoms with Crippen LogP contribution in [0.25, 0.3) is 0 Å². The molecule has 0 fully saturated rings. The molecule has 0 aliphatic heterocycles. The van der Waals surface area contributed by atoms with E-state index in [0.717, 1.165) is 19.5 Å². The van der Waals surface area contributed by atoms with Crippen molar-refractivity contribution in [2.24, 2.45) is 0 Å². The smallest absolute Gasteiger partial charge is 0.311 e. The maximum absolute atomic E-state index is 12.1. The molecule has 0 bridgehead atoms. The first kappa shape index (κ1) is 16.9. The van der Waals surface area contributed by atoms with Crippen LogP contribution in [0.3, 0.4) is 0 Å². The van der Waals surface area contributed by atoms with Crippen LogP contribution in [0, 0.1) is 10.1 Å². The van der Waals surface area contributed by atoms with Gasteiger partial charge in [-0.25, -0.2) is 0 Å². The van der Waals surface area contributed by atoms with Crippen molar-refractivity contribution in [3.8, 4) is 5.75 Å². The second-order valence-corrected chi connectivity index (χ2v) is 4.31. The Bertz CT molecular complexity index is 491. The molecule has 0 atom stereocenters. The Morgan fingerprint density at radius 3 is 2.71 bits per heavy atom. The normalized spacial score (nSPS) is 10.2. The van der Waals surface area contributed by atoms with E-state index in [1.54, 1.807) is 6.92 Å². The van der Waals surface area contributed by atoms with Gasteiger partial charge in [0.05, 0.1) is 17.1 Å². The van der Waals surface area contributed by atoms with Crippen LogP contribution in [-0.4, -0.2) is 37.1 Å². The fourth-order valence-electron chi connectivity index (χ4n) is 1.83. The average Bonchev–Trinajstić information content (AvgIpc) is 2.47. The molecule has 7 heteroatoms. The molecule has 1 amide bonds. The summed E-state index contributed by atoms with van der Waals surface area (Å²) in [5, 5.41) is 16.9. The van der Waals surface area contributed by atoms with Gasteiger partial charge in [0.15, 0.2) is 0 Å². The zero-order valence-corrected chi connectivity index (χ0v) is 12.3. The lowest BCUT2D eigenvalue weighted by Crippen LogP contribution is -2.27. The molecule has 0 saturated carbocycles. The number of benzene rings is 1. The monoisotopic (exact) mass is 295 g/mol. The number of hydrogen-bond donors (Lipinski definition) is 2. The molecule has 21 heavy (non-hydrogen) atoms. The van der Waals surface area contributed by atoms with Crippen LogP contribution in [0.5, 0.6) is 5.75 Å². The van der Waals surface area contributed by atoms with E-state index in [1.807, 2.05) is 6.92 Å². The van der Waals surface area contributed by atoms with E-state index in [9.17, 15) is 14.9 Å². The van der Waals surface area contributed by atoms with E-state index in [-0.39, 0.29) is 29.5 Å². The fraction of sp³-hybridized carbons (Fsp3) is 0.500. The summed E-state index contributed by atoms with van der Waals surface area (Å²) in [5.74, 6) is -0.340. The van der Waals surface area contributed by atoms with Crippen molar-refractivity contribution < 1.29 is 14.5 Å². The van der Waals surface area contributed by atoms with Crippen molar-refractivity contribution in [2.45, 2.75) is 20.3 Å².